The molecule has 3 aromatic rings. The number of thiazole rings is 1. The molecular formula is C23H21N3O5S. The number of para-hydroxylation sites is 1. The van der Waals surface area contributed by atoms with Crippen LogP contribution in [0.25, 0.3) is 0 Å². The Balaban J connectivity index is 1.33. The molecule has 1 saturated heterocycles. The first-order chi connectivity index (χ1) is 15.5. The molecule has 1 fully saturated rings. The molecule has 0 spiro atoms. The summed E-state index contributed by atoms with van der Waals surface area (Å²) in [4.78, 5) is 42.3. The van der Waals surface area contributed by atoms with Gasteiger partial charge >= 0.3 is 5.97 Å². The molecule has 2 aromatic carbocycles. The van der Waals surface area contributed by atoms with Crippen molar-refractivity contribution in [1.29, 1.82) is 0 Å². The molecule has 0 unspecified atom stereocenters. The second-order valence-corrected chi connectivity index (χ2v) is 8.25. The van der Waals surface area contributed by atoms with E-state index in [9.17, 15) is 19.5 Å². The van der Waals surface area contributed by atoms with Gasteiger partial charge in [0.15, 0.2) is 0 Å². The Bertz CT molecular complexity index is 1090. The van der Waals surface area contributed by atoms with Gasteiger partial charge in [-0.2, -0.15) is 0 Å². The Hall–Kier alpha value is -3.72. The Labute approximate surface area is 188 Å². The number of hydrogen-bond donors (Lipinski definition) is 2. The van der Waals surface area contributed by atoms with Gasteiger partial charge in [-0.25, -0.2) is 9.78 Å². The summed E-state index contributed by atoms with van der Waals surface area (Å²) in [7, 11) is 0. The summed E-state index contributed by atoms with van der Waals surface area (Å²) in [6, 6.07) is 14.9. The lowest BCUT2D eigenvalue weighted by Crippen LogP contribution is -2.45. The minimum atomic E-state index is -1.06. The Kier molecular flexibility index (Phi) is 6.46. The van der Waals surface area contributed by atoms with Gasteiger partial charge < -0.3 is 20.1 Å². The lowest BCUT2D eigenvalue weighted by molar-refractivity contribution is -0.147. The highest BCUT2D eigenvalue weighted by Gasteiger charge is 2.41. The second kappa shape index (κ2) is 9.61. The number of amides is 2. The molecular weight excluding hydrogens is 430 g/mol. The van der Waals surface area contributed by atoms with Crippen LogP contribution in [-0.2, 0) is 9.59 Å². The van der Waals surface area contributed by atoms with E-state index in [0.717, 1.165) is 5.01 Å². The van der Waals surface area contributed by atoms with Crippen LogP contribution in [0, 0.1) is 0 Å². The molecule has 0 bridgehead atoms. The van der Waals surface area contributed by atoms with Crippen LogP contribution in [0.15, 0.2) is 66.2 Å². The molecule has 2 atom stereocenters. The molecule has 1 aromatic heterocycles. The molecule has 4 rings (SSSR count). The number of ether oxygens (including phenoxy) is 1. The van der Waals surface area contributed by atoms with Gasteiger partial charge in [-0.1, -0.05) is 18.2 Å². The van der Waals surface area contributed by atoms with Crippen LogP contribution < -0.4 is 10.1 Å². The number of carboxylic acid groups (broad SMARTS) is 1. The Morgan fingerprint density at radius 2 is 1.81 bits per heavy atom. The summed E-state index contributed by atoms with van der Waals surface area (Å²) in [5, 5.41) is 14.7. The molecule has 1 aliphatic heterocycles. The normalized spacial score (nSPS) is 17.7. The quantitative estimate of drug-likeness (QED) is 0.571. The lowest BCUT2D eigenvalue weighted by Gasteiger charge is -2.21. The maximum atomic E-state index is 12.7. The van der Waals surface area contributed by atoms with Crippen LogP contribution in [0.3, 0.4) is 0 Å². The van der Waals surface area contributed by atoms with Crippen molar-refractivity contribution in [3.63, 3.8) is 0 Å². The van der Waals surface area contributed by atoms with Gasteiger partial charge in [0.2, 0.25) is 5.91 Å². The van der Waals surface area contributed by atoms with Gasteiger partial charge in [0, 0.05) is 29.6 Å². The number of carbonyl (C=O) groups is 3. The van der Waals surface area contributed by atoms with E-state index in [1.165, 1.54) is 16.2 Å². The summed E-state index contributed by atoms with van der Waals surface area (Å²) >= 11 is 1.44. The first kappa shape index (κ1) is 21.5. The van der Waals surface area contributed by atoms with E-state index in [4.69, 9.17) is 4.74 Å². The molecule has 2 heterocycles. The number of hydrogen-bond acceptors (Lipinski definition) is 6. The van der Waals surface area contributed by atoms with Crippen molar-refractivity contribution in [3.8, 4) is 11.5 Å². The number of rotatable bonds is 7. The molecule has 9 heteroatoms. The fourth-order valence-corrected chi connectivity index (χ4v) is 4.37. The zero-order valence-electron chi connectivity index (χ0n) is 17.0. The highest BCUT2D eigenvalue weighted by atomic mass is 32.1. The van der Waals surface area contributed by atoms with Gasteiger partial charge in [-0.05, 0) is 42.8 Å². The summed E-state index contributed by atoms with van der Waals surface area (Å²) in [5.41, 5.74) is 0.370. The van der Waals surface area contributed by atoms with E-state index < -0.39 is 23.8 Å². The zero-order valence-corrected chi connectivity index (χ0v) is 17.8. The number of carboxylic acids is 1. The molecule has 0 aliphatic carbocycles. The van der Waals surface area contributed by atoms with Crippen molar-refractivity contribution in [1.82, 2.24) is 15.2 Å². The zero-order chi connectivity index (χ0) is 22.5. The molecule has 8 nitrogen and oxygen atoms in total. The molecule has 164 valence electrons. The second-order valence-electron chi connectivity index (χ2n) is 7.33. The van der Waals surface area contributed by atoms with Crippen molar-refractivity contribution in [3.05, 3.63) is 76.7 Å². The van der Waals surface area contributed by atoms with Crippen molar-refractivity contribution >= 4 is 29.1 Å². The maximum Gasteiger partial charge on any atom is 0.326 e. The minimum absolute atomic E-state index is 0.118. The third kappa shape index (κ3) is 4.94. The standard InChI is InChI=1S/C23H21N3O5S/c27-20(26-14-16(12-19(26)23(29)30)22-24-10-11-32-22)13-25-21(28)15-6-8-18(9-7-15)31-17-4-2-1-3-5-17/h1-11,16,19H,12-14H2,(H,25,28)(H,29,30)/t16-,19+/m1/s1. The van der Waals surface area contributed by atoms with Crippen molar-refractivity contribution in [2.45, 2.75) is 18.4 Å². The van der Waals surface area contributed by atoms with Crippen LogP contribution in [0.5, 0.6) is 11.5 Å². The number of aliphatic carboxylic acids is 1. The predicted octanol–water partition coefficient (Wildman–Crippen LogP) is 3.13. The van der Waals surface area contributed by atoms with E-state index in [1.54, 1.807) is 30.5 Å². The summed E-state index contributed by atoms with van der Waals surface area (Å²) in [5.74, 6) is -0.769. The molecule has 1 aliphatic rings. The van der Waals surface area contributed by atoms with E-state index in [2.05, 4.69) is 10.3 Å². The molecule has 2 amide bonds. The first-order valence-electron chi connectivity index (χ1n) is 10.0. The van der Waals surface area contributed by atoms with Gasteiger partial charge in [-0.15, -0.1) is 11.3 Å². The average Bonchev–Trinajstić information content (AvgIpc) is 3.48. The van der Waals surface area contributed by atoms with Crippen LogP contribution in [0.4, 0.5) is 0 Å². The molecule has 2 N–H and O–H groups in total. The van der Waals surface area contributed by atoms with Crippen molar-refractivity contribution in [2.24, 2.45) is 0 Å². The maximum absolute atomic E-state index is 12.7. The van der Waals surface area contributed by atoms with Gasteiger partial charge in [0.05, 0.1) is 11.6 Å². The highest BCUT2D eigenvalue weighted by Crippen LogP contribution is 2.33. The molecule has 0 saturated carbocycles. The summed E-state index contributed by atoms with van der Waals surface area (Å²) < 4.78 is 5.70. The monoisotopic (exact) mass is 451 g/mol. The Morgan fingerprint density at radius 3 is 2.47 bits per heavy atom. The fraction of sp³-hybridized carbons (Fsp3) is 0.217. The largest absolute Gasteiger partial charge is 0.480 e. The highest BCUT2D eigenvalue weighted by molar-refractivity contribution is 7.09. The van der Waals surface area contributed by atoms with E-state index in [0.29, 0.717) is 23.5 Å². The number of likely N-dealkylation sites (tertiary alicyclic amines) is 1. The third-order valence-electron chi connectivity index (χ3n) is 5.20. The van der Waals surface area contributed by atoms with E-state index in [-0.39, 0.29) is 19.0 Å². The predicted molar refractivity (Wildman–Crippen MR) is 118 cm³/mol. The summed E-state index contributed by atoms with van der Waals surface area (Å²) in [6.07, 6.45) is 1.97. The first-order valence-corrected chi connectivity index (χ1v) is 10.9. The number of nitrogens with one attached hydrogen (secondary N) is 1. The molecule has 32 heavy (non-hydrogen) atoms. The number of nitrogens with zero attached hydrogens (tertiary/aromatic N) is 2. The average molecular weight is 452 g/mol. The van der Waals surface area contributed by atoms with E-state index >= 15 is 0 Å². The number of carbonyl (C=O) groups excluding carboxylic acids is 2. The number of benzene rings is 2. The summed E-state index contributed by atoms with van der Waals surface area (Å²) in [6.45, 7) is -0.0137. The van der Waals surface area contributed by atoms with Crippen LogP contribution in [0.1, 0.15) is 27.7 Å². The van der Waals surface area contributed by atoms with Crippen molar-refractivity contribution < 1.29 is 24.2 Å². The SMILES string of the molecule is O=C(NCC(=O)N1C[C@H](c2nccs2)C[C@H]1C(=O)O)c1ccc(Oc2ccccc2)cc1. The topological polar surface area (TPSA) is 109 Å². The van der Waals surface area contributed by atoms with Gasteiger partial charge in [-0.3, -0.25) is 9.59 Å². The van der Waals surface area contributed by atoms with Crippen LogP contribution >= 0.6 is 11.3 Å². The van der Waals surface area contributed by atoms with E-state index in [1.807, 2.05) is 35.7 Å². The van der Waals surface area contributed by atoms with Crippen molar-refractivity contribution in [2.75, 3.05) is 13.1 Å². The van der Waals surface area contributed by atoms with Crippen LogP contribution in [-0.4, -0.2) is 51.9 Å². The van der Waals surface area contributed by atoms with Gasteiger partial charge in [0.25, 0.3) is 5.91 Å². The Morgan fingerprint density at radius 1 is 1.09 bits per heavy atom. The smallest absolute Gasteiger partial charge is 0.326 e. The minimum Gasteiger partial charge on any atom is -0.480 e. The van der Waals surface area contributed by atoms with Crippen LogP contribution in [0.2, 0.25) is 0 Å². The third-order valence-corrected chi connectivity index (χ3v) is 6.14. The number of aromatic nitrogens is 1. The molecule has 0 radical (unpaired) electrons. The fourth-order valence-electron chi connectivity index (χ4n) is 3.62. The lowest BCUT2D eigenvalue weighted by atomic mass is 10.1. The van der Waals surface area contributed by atoms with Gasteiger partial charge in [0.1, 0.15) is 17.5 Å².